The van der Waals surface area contributed by atoms with Crippen LogP contribution in [0.3, 0.4) is 0 Å². The van der Waals surface area contributed by atoms with Gasteiger partial charge in [-0.3, -0.25) is 0 Å². The Morgan fingerprint density at radius 2 is 0.833 bits per heavy atom. The van der Waals surface area contributed by atoms with E-state index in [-0.39, 0.29) is 0 Å². The van der Waals surface area contributed by atoms with Crippen molar-refractivity contribution >= 4 is 43.1 Å². The van der Waals surface area contributed by atoms with Crippen molar-refractivity contribution in [3.8, 4) is 44.5 Å². The molecule has 9 aromatic rings. The molecule has 0 nitrogen and oxygen atoms in total. The number of rotatable bonds is 3. The lowest BCUT2D eigenvalue weighted by Crippen LogP contribution is -2.07. The quantitative estimate of drug-likeness (QED) is 0.175. The molecule has 0 saturated heterocycles. The zero-order valence-electron chi connectivity index (χ0n) is 26.6. The van der Waals surface area contributed by atoms with Crippen LogP contribution in [0.2, 0.25) is 0 Å². The number of hydrogen-bond donors (Lipinski definition) is 0. The Bertz CT molecular complexity index is 2660. The molecule has 0 saturated carbocycles. The minimum absolute atomic E-state index is 1.03. The largest absolute Gasteiger partial charge is 0.0620 e. The minimum Gasteiger partial charge on any atom is -0.0620 e. The molecule has 0 fully saturated rings. The fourth-order valence-corrected chi connectivity index (χ4v) is 8.47. The Labute approximate surface area is 280 Å². The summed E-state index contributed by atoms with van der Waals surface area (Å²) >= 11 is 0. The summed E-state index contributed by atoms with van der Waals surface area (Å²) in [6.45, 7) is 0. The average Bonchev–Trinajstić information content (AvgIpc) is 3.16. The number of hydrogen-bond acceptors (Lipinski definition) is 0. The predicted octanol–water partition coefficient (Wildman–Crippen LogP) is 13.1. The van der Waals surface area contributed by atoms with E-state index in [0.717, 1.165) is 12.8 Å². The maximum absolute atomic E-state index is 2.47. The van der Waals surface area contributed by atoms with Gasteiger partial charge in [-0.25, -0.2) is 0 Å². The summed E-state index contributed by atoms with van der Waals surface area (Å²) in [6.07, 6.45) is 2.09. The van der Waals surface area contributed by atoms with E-state index in [2.05, 4.69) is 170 Å². The standard InChI is InChI=1S/C48H32/c1-4-19-36-31(13-1)16-12-26-37(36)33-17-11-18-35(29-33)46-40-22-7-9-24-42(40)48(43-25-10-8-23-41(43)46)45-30-34-15-3-6-21-39(34)47-38-20-5-2-14-32(38)27-28-44(45)47/h1-26,29-30H,27-28H2. The Hall–Kier alpha value is -5.98. The van der Waals surface area contributed by atoms with Crippen molar-refractivity contribution in [2.45, 2.75) is 12.8 Å². The van der Waals surface area contributed by atoms with Gasteiger partial charge in [-0.2, -0.15) is 0 Å². The molecule has 0 N–H and O–H groups in total. The second-order valence-corrected chi connectivity index (χ2v) is 13.1. The van der Waals surface area contributed by atoms with Gasteiger partial charge in [0.2, 0.25) is 0 Å². The average molecular weight is 609 g/mol. The van der Waals surface area contributed by atoms with E-state index in [0.29, 0.717) is 0 Å². The summed E-state index contributed by atoms with van der Waals surface area (Å²) in [5, 5.41) is 10.4. The molecule has 48 heavy (non-hydrogen) atoms. The highest BCUT2D eigenvalue weighted by molar-refractivity contribution is 6.23. The molecule has 0 aliphatic heterocycles. The second kappa shape index (κ2) is 10.8. The van der Waals surface area contributed by atoms with Gasteiger partial charge in [-0.15, -0.1) is 0 Å². The van der Waals surface area contributed by atoms with Gasteiger partial charge in [-0.05, 0) is 124 Å². The van der Waals surface area contributed by atoms with Crippen LogP contribution >= 0.6 is 0 Å². The van der Waals surface area contributed by atoms with Gasteiger partial charge >= 0.3 is 0 Å². The molecule has 0 radical (unpaired) electrons. The molecule has 0 amide bonds. The molecule has 0 heterocycles. The van der Waals surface area contributed by atoms with Crippen LogP contribution in [0.4, 0.5) is 0 Å². The van der Waals surface area contributed by atoms with E-state index < -0.39 is 0 Å². The van der Waals surface area contributed by atoms with Crippen LogP contribution in [0, 0.1) is 0 Å². The number of benzene rings is 9. The van der Waals surface area contributed by atoms with Crippen LogP contribution in [0.1, 0.15) is 11.1 Å². The van der Waals surface area contributed by atoms with Crippen molar-refractivity contribution in [3.63, 3.8) is 0 Å². The summed E-state index contributed by atoms with van der Waals surface area (Å²) in [7, 11) is 0. The fraction of sp³-hybridized carbons (Fsp3) is 0.0417. The number of aryl methyl sites for hydroxylation is 1. The summed E-state index contributed by atoms with van der Waals surface area (Å²) in [6, 6.07) is 63.1. The van der Waals surface area contributed by atoms with Crippen LogP contribution < -0.4 is 0 Å². The van der Waals surface area contributed by atoms with Crippen molar-refractivity contribution in [2.24, 2.45) is 0 Å². The van der Waals surface area contributed by atoms with E-state index in [9.17, 15) is 0 Å². The molecular formula is C48H32. The normalized spacial score (nSPS) is 12.4. The highest BCUT2D eigenvalue weighted by Crippen LogP contribution is 2.49. The van der Waals surface area contributed by atoms with Gasteiger partial charge in [0.15, 0.2) is 0 Å². The molecule has 9 aromatic carbocycles. The second-order valence-electron chi connectivity index (χ2n) is 13.1. The third kappa shape index (κ3) is 4.09. The molecule has 0 atom stereocenters. The van der Waals surface area contributed by atoms with Crippen LogP contribution in [-0.4, -0.2) is 0 Å². The molecule has 1 aliphatic carbocycles. The third-order valence-electron chi connectivity index (χ3n) is 10.5. The van der Waals surface area contributed by atoms with Gasteiger partial charge in [0.1, 0.15) is 0 Å². The zero-order valence-corrected chi connectivity index (χ0v) is 26.6. The molecule has 0 bridgehead atoms. The molecular weight excluding hydrogens is 577 g/mol. The maximum atomic E-state index is 2.47. The molecule has 0 unspecified atom stereocenters. The first-order valence-electron chi connectivity index (χ1n) is 17.0. The van der Waals surface area contributed by atoms with Crippen molar-refractivity contribution in [2.75, 3.05) is 0 Å². The summed E-state index contributed by atoms with van der Waals surface area (Å²) in [5.74, 6) is 0. The van der Waals surface area contributed by atoms with Gasteiger partial charge < -0.3 is 0 Å². The van der Waals surface area contributed by atoms with E-state index in [1.165, 1.54) is 98.7 Å². The van der Waals surface area contributed by atoms with E-state index in [1.807, 2.05) is 0 Å². The first-order valence-corrected chi connectivity index (χ1v) is 17.0. The first kappa shape index (κ1) is 27.2. The lowest BCUT2D eigenvalue weighted by molar-refractivity contribution is 0.947. The van der Waals surface area contributed by atoms with E-state index in [4.69, 9.17) is 0 Å². The third-order valence-corrected chi connectivity index (χ3v) is 10.5. The Morgan fingerprint density at radius 3 is 1.60 bits per heavy atom. The highest BCUT2D eigenvalue weighted by atomic mass is 14.3. The Balaban J connectivity index is 1.28. The molecule has 1 aliphatic rings. The van der Waals surface area contributed by atoms with E-state index in [1.54, 1.807) is 0 Å². The Morgan fingerprint density at radius 1 is 0.292 bits per heavy atom. The fourth-order valence-electron chi connectivity index (χ4n) is 8.47. The summed E-state index contributed by atoms with van der Waals surface area (Å²) < 4.78 is 0. The SMILES string of the molecule is c1cc(-c2cccc3ccccc23)cc(-c2c3ccccc3c(-c3cc4ccccc4c4c3CCc3ccccc3-4)c3ccccc23)c1. The van der Waals surface area contributed by atoms with Gasteiger partial charge in [0, 0.05) is 0 Å². The molecule has 0 spiro atoms. The lowest BCUT2D eigenvalue weighted by Gasteiger charge is -2.26. The van der Waals surface area contributed by atoms with Gasteiger partial charge in [0.05, 0.1) is 0 Å². The first-order chi connectivity index (χ1) is 23.8. The van der Waals surface area contributed by atoms with Crippen molar-refractivity contribution in [3.05, 3.63) is 181 Å². The van der Waals surface area contributed by atoms with Crippen LogP contribution in [-0.2, 0) is 12.8 Å². The highest BCUT2D eigenvalue weighted by Gasteiger charge is 2.25. The Kier molecular flexibility index (Phi) is 6.11. The molecule has 0 aromatic heterocycles. The van der Waals surface area contributed by atoms with E-state index >= 15 is 0 Å². The summed E-state index contributed by atoms with van der Waals surface area (Å²) in [4.78, 5) is 0. The van der Waals surface area contributed by atoms with Crippen molar-refractivity contribution in [1.29, 1.82) is 0 Å². The van der Waals surface area contributed by atoms with Crippen LogP contribution in [0.25, 0.3) is 87.6 Å². The van der Waals surface area contributed by atoms with Crippen LogP contribution in [0.15, 0.2) is 170 Å². The molecule has 224 valence electrons. The summed E-state index contributed by atoms with van der Waals surface area (Å²) in [5.41, 5.74) is 13.5. The van der Waals surface area contributed by atoms with Crippen molar-refractivity contribution < 1.29 is 0 Å². The zero-order chi connectivity index (χ0) is 31.6. The lowest BCUT2D eigenvalue weighted by atomic mass is 9.77. The minimum atomic E-state index is 1.03. The maximum Gasteiger partial charge on any atom is -0.00232 e. The van der Waals surface area contributed by atoms with Crippen LogP contribution in [0.5, 0.6) is 0 Å². The van der Waals surface area contributed by atoms with Gasteiger partial charge in [0.25, 0.3) is 0 Å². The molecule has 0 heteroatoms. The topological polar surface area (TPSA) is 0 Å². The van der Waals surface area contributed by atoms with Gasteiger partial charge in [-0.1, -0.05) is 158 Å². The predicted molar refractivity (Wildman–Crippen MR) is 206 cm³/mol. The monoisotopic (exact) mass is 608 g/mol. The molecule has 10 rings (SSSR count). The smallest absolute Gasteiger partial charge is 0.00232 e. The number of fused-ring (bicyclic) bond motifs is 8. The van der Waals surface area contributed by atoms with Crippen molar-refractivity contribution in [1.82, 2.24) is 0 Å².